The average molecular weight is 329 g/mol. The summed E-state index contributed by atoms with van der Waals surface area (Å²) in [6.07, 6.45) is 0. The Labute approximate surface area is 137 Å². The summed E-state index contributed by atoms with van der Waals surface area (Å²) >= 11 is 0. The number of rotatable bonds is 4. The van der Waals surface area contributed by atoms with E-state index in [9.17, 15) is 19.5 Å². The fourth-order valence-corrected chi connectivity index (χ4v) is 2.02. The molecule has 24 heavy (non-hydrogen) atoms. The number of methoxy groups -OCH3 is 2. The molecule has 2 aromatic carbocycles. The van der Waals surface area contributed by atoms with Crippen molar-refractivity contribution in [3.05, 3.63) is 59.2 Å². The zero-order chi connectivity index (χ0) is 17.7. The predicted octanol–water partition coefficient (Wildman–Crippen LogP) is 2.22. The Balaban J connectivity index is 2.27. The van der Waals surface area contributed by atoms with E-state index in [1.165, 1.54) is 56.7 Å². The molecule has 124 valence electrons. The molecule has 0 aromatic heterocycles. The number of phenols is 1. The summed E-state index contributed by atoms with van der Waals surface area (Å²) in [5.41, 5.74) is 0.392. The summed E-state index contributed by atoms with van der Waals surface area (Å²) in [5, 5.41) is 12.6. The average Bonchev–Trinajstić information content (AvgIpc) is 2.62. The minimum Gasteiger partial charge on any atom is -0.505 e. The highest BCUT2D eigenvalue weighted by molar-refractivity contribution is 6.07. The number of amides is 1. The molecule has 1 amide bonds. The number of anilines is 1. The summed E-state index contributed by atoms with van der Waals surface area (Å²) in [4.78, 5) is 35.3. The van der Waals surface area contributed by atoms with Gasteiger partial charge in [-0.1, -0.05) is 12.1 Å². The van der Waals surface area contributed by atoms with Crippen LogP contribution in [0.15, 0.2) is 42.5 Å². The maximum absolute atomic E-state index is 12.3. The van der Waals surface area contributed by atoms with E-state index in [4.69, 9.17) is 0 Å². The van der Waals surface area contributed by atoms with E-state index in [0.29, 0.717) is 0 Å². The van der Waals surface area contributed by atoms with Crippen molar-refractivity contribution in [3.8, 4) is 5.75 Å². The molecule has 0 unspecified atom stereocenters. The number of aromatic hydroxyl groups is 1. The number of nitrogens with one attached hydrogen (secondary N) is 1. The molecule has 0 spiro atoms. The normalized spacial score (nSPS) is 9.92. The highest BCUT2D eigenvalue weighted by Gasteiger charge is 2.17. The lowest BCUT2D eigenvalue weighted by atomic mass is 10.1. The quantitative estimate of drug-likeness (QED) is 0.659. The summed E-state index contributed by atoms with van der Waals surface area (Å²) < 4.78 is 9.15. The van der Waals surface area contributed by atoms with Crippen molar-refractivity contribution >= 4 is 23.5 Å². The van der Waals surface area contributed by atoms with Crippen molar-refractivity contribution < 1.29 is 29.0 Å². The van der Waals surface area contributed by atoms with Crippen molar-refractivity contribution in [1.82, 2.24) is 0 Å². The van der Waals surface area contributed by atoms with Gasteiger partial charge in [0, 0.05) is 5.56 Å². The van der Waals surface area contributed by atoms with Gasteiger partial charge in [-0.25, -0.2) is 9.59 Å². The highest BCUT2D eigenvalue weighted by atomic mass is 16.5. The fourth-order valence-electron chi connectivity index (χ4n) is 2.02. The zero-order valence-electron chi connectivity index (χ0n) is 13.0. The van der Waals surface area contributed by atoms with E-state index < -0.39 is 23.6 Å². The Hall–Kier alpha value is -3.35. The third kappa shape index (κ3) is 3.52. The molecule has 0 fully saturated rings. The first-order valence-electron chi connectivity index (χ1n) is 6.88. The summed E-state index contributed by atoms with van der Waals surface area (Å²) in [5.74, 6) is -2.25. The minimum atomic E-state index is -0.726. The molecular weight excluding hydrogens is 314 g/mol. The zero-order valence-corrected chi connectivity index (χ0v) is 13.0. The second kappa shape index (κ2) is 7.28. The number of esters is 2. The predicted molar refractivity (Wildman–Crippen MR) is 85.2 cm³/mol. The third-order valence-electron chi connectivity index (χ3n) is 3.24. The van der Waals surface area contributed by atoms with Gasteiger partial charge < -0.3 is 19.9 Å². The van der Waals surface area contributed by atoms with Crippen LogP contribution >= 0.6 is 0 Å². The Morgan fingerprint density at radius 3 is 2.21 bits per heavy atom. The Morgan fingerprint density at radius 2 is 1.54 bits per heavy atom. The van der Waals surface area contributed by atoms with Gasteiger partial charge >= 0.3 is 11.9 Å². The van der Waals surface area contributed by atoms with Crippen molar-refractivity contribution in [1.29, 1.82) is 0 Å². The number of ether oxygens (including phenoxy) is 2. The Kier molecular flexibility index (Phi) is 5.16. The van der Waals surface area contributed by atoms with Crippen molar-refractivity contribution in [2.75, 3.05) is 19.5 Å². The van der Waals surface area contributed by atoms with Crippen molar-refractivity contribution in [2.24, 2.45) is 0 Å². The van der Waals surface area contributed by atoms with E-state index in [-0.39, 0.29) is 22.4 Å². The van der Waals surface area contributed by atoms with E-state index in [2.05, 4.69) is 14.8 Å². The van der Waals surface area contributed by atoms with E-state index in [0.717, 1.165) is 0 Å². The van der Waals surface area contributed by atoms with Crippen LogP contribution in [-0.4, -0.2) is 37.2 Å². The lowest BCUT2D eigenvalue weighted by Crippen LogP contribution is -2.14. The van der Waals surface area contributed by atoms with Crippen LogP contribution in [0.4, 0.5) is 5.69 Å². The highest BCUT2D eigenvalue weighted by Crippen LogP contribution is 2.28. The Morgan fingerprint density at radius 1 is 0.917 bits per heavy atom. The molecule has 2 aromatic rings. The van der Waals surface area contributed by atoms with Crippen LogP contribution in [0.1, 0.15) is 31.1 Å². The number of hydrogen-bond acceptors (Lipinski definition) is 6. The number of carbonyl (C=O) groups excluding carboxylic acids is 3. The molecule has 0 aliphatic carbocycles. The van der Waals surface area contributed by atoms with Gasteiger partial charge in [0.05, 0.1) is 25.5 Å². The lowest BCUT2D eigenvalue weighted by molar-refractivity contribution is 0.0589. The summed E-state index contributed by atoms with van der Waals surface area (Å²) in [6.45, 7) is 0. The molecule has 0 aliphatic rings. The van der Waals surface area contributed by atoms with Crippen molar-refractivity contribution in [3.63, 3.8) is 0 Å². The van der Waals surface area contributed by atoms with Gasteiger partial charge in [0.15, 0.2) is 5.75 Å². The van der Waals surface area contributed by atoms with Gasteiger partial charge in [-0.2, -0.15) is 0 Å². The van der Waals surface area contributed by atoms with E-state index >= 15 is 0 Å². The van der Waals surface area contributed by atoms with Crippen LogP contribution in [0.25, 0.3) is 0 Å². The Bertz CT molecular complexity index is 799. The molecule has 0 saturated carbocycles. The third-order valence-corrected chi connectivity index (χ3v) is 3.24. The first kappa shape index (κ1) is 17.0. The summed E-state index contributed by atoms with van der Waals surface area (Å²) in [6, 6.07) is 10.2. The standard InChI is InChI=1S/C17H15NO6/c1-23-16(21)11-6-3-5-10(9-11)15(20)18-13-8-4-7-12(14(13)19)17(22)24-2/h3-9,19H,1-2H3,(H,18,20). The van der Waals surface area contributed by atoms with Crippen LogP contribution in [-0.2, 0) is 9.47 Å². The smallest absolute Gasteiger partial charge is 0.341 e. The number of hydrogen-bond donors (Lipinski definition) is 2. The second-order valence-electron chi connectivity index (χ2n) is 4.72. The molecule has 0 bridgehead atoms. The van der Waals surface area contributed by atoms with Crippen LogP contribution in [0.3, 0.4) is 0 Å². The first-order chi connectivity index (χ1) is 11.5. The van der Waals surface area contributed by atoms with Crippen LogP contribution in [0.2, 0.25) is 0 Å². The molecular formula is C17H15NO6. The minimum absolute atomic E-state index is 0.0476. The number of para-hydroxylation sites is 1. The number of benzene rings is 2. The molecule has 0 atom stereocenters. The van der Waals surface area contributed by atoms with Crippen LogP contribution in [0.5, 0.6) is 5.75 Å². The first-order valence-corrected chi connectivity index (χ1v) is 6.88. The van der Waals surface area contributed by atoms with E-state index in [1.807, 2.05) is 0 Å². The van der Waals surface area contributed by atoms with E-state index in [1.54, 1.807) is 0 Å². The maximum atomic E-state index is 12.3. The lowest BCUT2D eigenvalue weighted by Gasteiger charge is -2.10. The molecule has 0 heterocycles. The SMILES string of the molecule is COC(=O)c1cccc(C(=O)Nc2cccc(C(=O)OC)c2O)c1. The van der Waals surface area contributed by atoms with Crippen LogP contribution in [0, 0.1) is 0 Å². The van der Waals surface area contributed by atoms with Crippen molar-refractivity contribution in [2.45, 2.75) is 0 Å². The van der Waals surface area contributed by atoms with Crippen LogP contribution < -0.4 is 5.32 Å². The number of carbonyl (C=O) groups is 3. The second-order valence-corrected chi connectivity index (χ2v) is 4.72. The van der Waals surface area contributed by atoms with Gasteiger partial charge in [-0.05, 0) is 30.3 Å². The molecule has 7 nitrogen and oxygen atoms in total. The van der Waals surface area contributed by atoms with Gasteiger partial charge in [0.2, 0.25) is 0 Å². The molecule has 7 heteroatoms. The molecule has 0 radical (unpaired) electrons. The van der Waals surface area contributed by atoms with Gasteiger partial charge in [0.1, 0.15) is 5.56 Å². The topological polar surface area (TPSA) is 102 Å². The van der Waals surface area contributed by atoms with Gasteiger partial charge in [-0.15, -0.1) is 0 Å². The molecule has 2 rings (SSSR count). The number of phenolic OH excluding ortho intramolecular Hbond substituents is 1. The largest absolute Gasteiger partial charge is 0.505 e. The monoisotopic (exact) mass is 329 g/mol. The van der Waals surface area contributed by atoms with Gasteiger partial charge in [0.25, 0.3) is 5.91 Å². The fraction of sp³-hybridized carbons (Fsp3) is 0.118. The molecule has 0 saturated heterocycles. The summed E-state index contributed by atoms with van der Waals surface area (Å²) in [7, 11) is 2.43. The van der Waals surface area contributed by atoms with Gasteiger partial charge in [-0.3, -0.25) is 4.79 Å². The maximum Gasteiger partial charge on any atom is 0.341 e. The molecule has 2 N–H and O–H groups in total. The molecule has 0 aliphatic heterocycles.